The highest BCUT2D eigenvalue weighted by molar-refractivity contribution is 7.89. The van der Waals surface area contributed by atoms with Crippen LogP contribution in [-0.2, 0) is 20.6 Å². The van der Waals surface area contributed by atoms with Crippen LogP contribution in [0.25, 0.3) is 0 Å². The average Bonchev–Trinajstić information content (AvgIpc) is 3.25. The lowest BCUT2D eigenvalue weighted by Gasteiger charge is -2.22. The molecule has 22 heavy (non-hydrogen) atoms. The Morgan fingerprint density at radius 2 is 2.09 bits per heavy atom. The average molecular weight is 324 g/mol. The van der Waals surface area contributed by atoms with Gasteiger partial charge in [0.2, 0.25) is 15.9 Å². The Morgan fingerprint density at radius 1 is 1.45 bits per heavy atom. The first-order chi connectivity index (χ1) is 10.2. The van der Waals surface area contributed by atoms with Crippen molar-refractivity contribution in [1.82, 2.24) is 4.72 Å². The number of rotatable bonds is 5. The maximum atomic E-state index is 13.7. The molecule has 0 aromatic heterocycles. The van der Waals surface area contributed by atoms with Crippen molar-refractivity contribution in [3.63, 3.8) is 0 Å². The van der Waals surface area contributed by atoms with E-state index in [-0.39, 0.29) is 17.0 Å². The monoisotopic (exact) mass is 324 g/mol. The van der Waals surface area contributed by atoms with E-state index in [0.717, 1.165) is 18.9 Å². The Bertz CT molecular complexity index is 747. The van der Waals surface area contributed by atoms with Crippen molar-refractivity contribution in [1.29, 1.82) is 5.26 Å². The van der Waals surface area contributed by atoms with E-state index in [1.807, 2.05) is 10.8 Å². The molecular weight excluding hydrogens is 307 g/mol. The molecule has 0 heterocycles. The summed E-state index contributed by atoms with van der Waals surface area (Å²) in [6.45, 7) is 3.40. The summed E-state index contributed by atoms with van der Waals surface area (Å²) >= 11 is 0. The number of nitrogens with zero attached hydrogens (tertiary/aromatic N) is 1. The summed E-state index contributed by atoms with van der Waals surface area (Å²) in [5.41, 5.74) is -0.736. The van der Waals surface area contributed by atoms with Crippen molar-refractivity contribution in [2.45, 2.75) is 32.4 Å². The molecule has 1 amide bonds. The first kappa shape index (κ1) is 16.4. The third-order valence-electron chi connectivity index (χ3n) is 3.95. The van der Waals surface area contributed by atoms with Gasteiger partial charge in [0.25, 0.3) is 0 Å². The van der Waals surface area contributed by atoms with Crippen LogP contribution in [0.1, 0.15) is 37.8 Å². The Kier molecular flexibility index (Phi) is 4.25. The van der Waals surface area contributed by atoms with Crippen molar-refractivity contribution in [2.75, 3.05) is 0 Å². The lowest BCUT2D eigenvalue weighted by atomic mass is 9.87. The number of halogens is 1. The fourth-order valence-corrected chi connectivity index (χ4v) is 3.51. The second kappa shape index (κ2) is 5.69. The van der Waals surface area contributed by atoms with E-state index in [4.69, 9.17) is 5.26 Å². The van der Waals surface area contributed by atoms with E-state index in [1.54, 1.807) is 13.8 Å². The summed E-state index contributed by atoms with van der Waals surface area (Å²) in [4.78, 5) is 12.1. The Morgan fingerprint density at radius 3 is 2.64 bits per heavy atom. The normalized spacial score (nSPS) is 15.2. The zero-order valence-electron chi connectivity index (χ0n) is 12.4. The molecule has 1 aliphatic rings. The van der Waals surface area contributed by atoms with Crippen molar-refractivity contribution >= 4 is 15.9 Å². The van der Waals surface area contributed by atoms with Gasteiger partial charge in [-0.3, -0.25) is 9.52 Å². The highest BCUT2D eigenvalue weighted by Gasteiger charge is 2.44. The second-order valence-electron chi connectivity index (χ2n) is 6.10. The fourth-order valence-electron chi connectivity index (χ4n) is 2.26. The molecule has 1 aromatic rings. The molecule has 1 aromatic carbocycles. The van der Waals surface area contributed by atoms with Crippen LogP contribution in [-0.4, -0.2) is 14.3 Å². The van der Waals surface area contributed by atoms with Gasteiger partial charge < -0.3 is 0 Å². The number of hydrogen-bond donors (Lipinski definition) is 1. The topological polar surface area (TPSA) is 87.0 Å². The van der Waals surface area contributed by atoms with Crippen LogP contribution in [0, 0.1) is 28.5 Å². The van der Waals surface area contributed by atoms with E-state index in [0.29, 0.717) is 0 Å². The summed E-state index contributed by atoms with van der Waals surface area (Å²) in [5.74, 6) is -1.80. The van der Waals surface area contributed by atoms with Crippen LogP contribution in [0.2, 0.25) is 0 Å². The Labute approximate surface area is 129 Å². The van der Waals surface area contributed by atoms with Crippen LogP contribution in [0.15, 0.2) is 18.2 Å². The highest BCUT2D eigenvalue weighted by Crippen LogP contribution is 2.45. The molecule has 1 saturated carbocycles. The van der Waals surface area contributed by atoms with Crippen molar-refractivity contribution in [2.24, 2.45) is 11.3 Å². The molecule has 0 aliphatic heterocycles. The summed E-state index contributed by atoms with van der Waals surface area (Å²) in [5, 5.41) is 8.78. The molecule has 7 heteroatoms. The minimum absolute atomic E-state index is 0.136. The van der Waals surface area contributed by atoms with Crippen LogP contribution < -0.4 is 4.72 Å². The molecular formula is C15H17FN2O3S. The Hall–Kier alpha value is -1.94. The smallest absolute Gasteiger partial charge is 0.239 e. The number of carbonyl (C=O) groups excluding carboxylic acids is 1. The molecule has 0 saturated heterocycles. The van der Waals surface area contributed by atoms with E-state index >= 15 is 0 Å². The number of nitrogens with one attached hydrogen (secondary N) is 1. The van der Waals surface area contributed by atoms with Gasteiger partial charge in [-0.1, -0.05) is 13.8 Å². The maximum Gasteiger partial charge on any atom is 0.239 e. The first-order valence-electron chi connectivity index (χ1n) is 6.89. The van der Waals surface area contributed by atoms with E-state index in [2.05, 4.69) is 0 Å². The molecule has 0 spiro atoms. The zero-order valence-corrected chi connectivity index (χ0v) is 13.2. The van der Waals surface area contributed by atoms with Crippen molar-refractivity contribution < 1.29 is 17.6 Å². The van der Waals surface area contributed by atoms with Crippen molar-refractivity contribution in [3.8, 4) is 6.07 Å². The predicted molar refractivity (Wildman–Crippen MR) is 78.4 cm³/mol. The molecule has 0 unspecified atom stereocenters. The van der Waals surface area contributed by atoms with Gasteiger partial charge >= 0.3 is 0 Å². The van der Waals surface area contributed by atoms with Gasteiger partial charge in [-0.2, -0.15) is 5.26 Å². The molecule has 1 aliphatic carbocycles. The second-order valence-corrected chi connectivity index (χ2v) is 7.83. The first-order valence-corrected chi connectivity index (χ1v) is 8.54. The van der Waals surface area contributed by atoms with Gasteiger partial charge in [0, 0.05) is 11.0 Å². The third kappa shape index (κ3) is 3.63. The minimum atomic E-state index is -4.02. The third-order valence-corrected chi connectivity index (χ3v) is 5.14. The molecule has 0 atom stereocenters. The molecule has 0 radical (unpaired) electrons. The number of amides is 1. The molecule has 118 valence electrons. The SMILES string of the molecule is CC(C)(C(=O)NS(=O)(=O)Cc1cc(C#N)ccc1F)C1CC1. The maximum absolute atomic E-state index is 13.7. The summed E-state index contributed by atoms with van der Waals surface area (Å²) in [6, 6.07) is 5.30. The number of sulfonamides is 1. The lowest BCUT2D eigenvalue weighted by molar-refractivity contribution is -0.128. The van der Waals surface area contributed by atoms with Crippen LogP contribution in [0.5, 0.6) is 0 Å². The zero-order chi connectivity index (χ0) is 16.5. The van der Waals surface area contributed by atoms with Gasteiger partial charge in [0.1, 0.15) is 5.82 Å². The standard InChI is InChI=1S/C15H17FN2O3S/c1-15(2,12-4-5-12)14(19)18-22(20,21)9-11-7-10(8-17)3-6-13(11)16/h3,6-7,12H,4-5,9H2,1-2H3,(H,18,19). The van der Waals surface area contributed by atoms with Crippen LogP contribution >= 0.6 is 0 Å². The van der Waals surface area contributed by atoms with Gasteiger partial charge in [-0.05, 0) is 37.0 Å². The van der Waals surface area contributed by atoms with E-state index < -0.39 is 32.9 Å². The van der Waals surface area contributed by atoms with Crippen LogP contribution in [0.4, 0.5) is 4.39 Å². The fraction of sp³-hybridized carbons (Fsp3) is 0.467. The van der Waals surface area contributed by atoms with Crippen molar-refractivity contribution in [3.05, 3.63) is 35.1 Å². The quantitative estimate of drug-likeness (QED) is 0.898. The molecule has 1 fully saturated rings. The van der Waals surface area contributed by atoms with Crippen LogP contribution in [0.3, 0.4) is 0 Å². The summed E-state index contributed by atoms with van der Waals surface area (Å²) < 4.78 is 39.8. The Balaban J connectivity index is 2.15. The molecule has 5 nitrogen and oxygen atoms in total. The van der Waals surface area contributed by atoms with Gasteiger partial charge in [-0.25, -0.2) is 12.8 Å². The summed E-state index contributed by atoms with van der Waals surface area (Å²) in [7, 11) is -4.02. The van der Waals surface area contributed by atoms with E-state index in [1.165, 1.54) is 12.1 Å². The largest absolute Gasteiger partial charge is 0.273 e. The van der Waals surface area contributed by atoms with Gasteiger partial charge in [-0.15, -0.1) is 0 Å². The minimum Gasteiger partial charge on any atom is -0.273 e. The summed E-state index contributed by atoms with van der Waals surface area (Å²) in [6.07, 6.45) is 1.80. The number of carbonyl (C=O) groups is 1. The van der Waals surface area contributed by atoms with Gasteiger partial charge in [0.15, 0.2) is 0 Å². The number of nitriles is 1. The number of hydrogen-bond acceptors (Lipinski definition) is 4. The predicted octanol–water partition coefficient (Wildman–Crippen LogP) is 2.08. The highest BCUT2D eigenvalue weighted by atomic mass is 32.2. The lowest BCUT2D eigenvalue weighted by Crippen LogP contribution is -2.42. The van der Waals surface area contributed by atoms with E-state index in [9.17, 15) is 17.6 Å². The van der Waals surface area contributed by atoms with Gasteiger partial charge in [0.05, 0.1) is 17.4 Å². The molecule has 0 bridgehead atoms. The number of benzene rings is 1. The molecule has 1 N–H and O–H groups in total. The molecule has 2 rings (SSSR count).